The summed E-state index contributed by atoms with van der Waals surface area (Å²) in [6.07, 6.45) is 1.53. The van der Waals surface area contributed by atoms with Crippen molar-refractivity contribution in [3.63, 3.8) is 0 Å². The number of thioether (sulfide) groups is 1. The first-order valence-corrected chi connectivity index (χ1v) is 6.49. The van der Waals surface area contributed by atoms with Crippen LogP contribution in [0.3, 0.4) is 0 Å². The summed E-state index contributed by atoms with van der Waals surface area (Å²) in [4.78, 5) is 14.8. The van der Waals surface area contributed by atoms with Crippen LogP contribution in [0.5, 0.6) is 0 Å². The quantitative estimate of drug-likeness (QED) is 0.859. The molecular formula is C11H12N2O4S. The Hall–Kier alpha value is -1.76. The first-order chi connectivity index (χ1) is 8.66. The SMILES string of the molecule is CC(CSCc1noc(-c2ccco2)n1)C(=O)O. The Morgan fingerprint density at radius 1 is 1.61 bits per heavy atom. The molecule has 0 fully saturated rings. The molecule has 6 nitrogen and oxygen atoms in total. The molecule has 96 valence electrons. The second-order valence-electron chi connectivity index (χ2n) is 3.75. The highest BCUT2D eigenvalue weighted by molar-refractivity contribution is 7.98. The topological polar surface area (TPSA) is 89.4 Å². The molecule has 2 rings (SSSR count). The molecule has 2 heterocycles. The number of carboxylic acid groups (broad SMARTS) is 1. The van der Waals surface area contributed by atoms with Gasteiger partial charge in [0.1, 0.15) is 0 Å². The molecule has 1 N–H and O–H groups in total. The van der Waals surface area contributed by atoms with Crippen molar-refractivity contribution in [3.05, 3.63) is 24.2 Å². The van der Waals surface area contributed by atoms with Gasteiger partial charge in [-0.05, 0) is 12.1 Å². The van der Waals surface area contributed by atoms with E-state index in [0.717, 1.165) is 0 Å². The fourth-order valence-corrected chi connectivity index (χ4v) is 2.13. The van der Waals surface area contributed by atoms with Gasteiger partial charge < -0.3 is 14.0 Å². The normalized spacial score (nSPS) is 12.5. The van der Waals surface area contributed by atoms with Crippen LogP contribution in [0.15, 0.2) is 27.3 Å². The average Bonchev–Trinajstić information content (AvgIpc) is 2.98. The summed E-state index contributed by atoms with van der Waals surface area (Å²) in [6.45, 7) is 1.67. The summed E-state index contributed by atoms with van der Waals surface area (Å²) < 4.78 is 10.2. The predicted molar refractivity (Wildman–Crippen MR) is 65.0 cm³/mol. The van der Waals surface area contributed by atoms with Gasteiger partial charge in [0.2, 0.25) is 0 Å². The highest BCUT2D eigenvalue weighted by Crippen LogP contribution is 2.19. The maximum absolute atomic E-state index is 10.6. The Bertz CT molecular complexity index is 509. The summed E-state index contributed by atoms with van der Waals surface area (Å²) >= 11 is 1.46. The maximum Gasteiger partial charge on any atom is 0.307 e. The number of nitrogens with zero attached hydrogens (tertiary/aromatic N) is 2. The third-order valence-electron chi connectivity index (χ3n) is 2.22. The van der Waals surface area contributed by atoms with E-state index in [1.54, 1.807) is 19.1 Å². The number of aromatic nitrogens is 2. The molecule has 7 heteroatoms. The van der Waals surface area contributed by atoms with Gasteiger partial charge in [0.25, 0.3) is 5.89 Å². The van der Waals surface area contributed by atoms with Crippen LogP contribution in [-0.2, 0) is 10.5 Å². The van der Waals surface area contributed by atoms with E-state index >= 15 is 0 Å². The average molecular weight is 268 g/mol. The van der Waals surface area contributed by atoms with Gasteiger partial charge in [0, 0.05) is 5.75 Å². The third-order valence-corrected chi connectivity index (χ3v) is 3.42. The van der Waals surface area contributed by atoms with Gasteiger partial charge in [-0.25, -0.2) is 0 Å². The minimum Gasteiger partial charge on any atom is -0.481 e. The third kappa shape index (κ3) is 3.13. The zero-order chi connectivity index (χ0) is 13.0. The Morgan fingerprint density at radius 3 is 3.11 bits per heavy atom. The van der Waals surface area contributed by atoms with Crippen molar-refractivity contribution in [1.82, 2.24) is 10.1 Å². The van der Waals surface area contributed by atoms with Crippen molar-refractivity contribution in [1.29, 1.82) is 0 Å². The summed E-state index contributed by atoms with van der Waals surface area (Å²) in [7, 11) is 0. The Morgan fingerprint density at radius 2 is 2.44 bits per heavy atom. The fourth-order valence-electron chi connectivity index (χ4n) is 1.21. The molecule has 2 aromatic rings. The van der Waals surface area contributed by atoms with Crippen molar-refractivity contribution in [2.45, 2.75) is 12.7 Å². The van der Waals surface area contributed by atoms with E-state index in [4.69, 9.17) is 14.0 Å². The van der Waals surface area contributed by atoms with Gasteiger partial charge in [-0.3, -0.25) is 4.79 Å². The van der Waals surface area contributed by atoms with Crippen LogP contribution in [0.2, 0.25) is 0 Å². The van der Waals surface area contributed by atoms with Gasteiger partial charge in [0.15, 0.2) is 11.6 Å². The lowest BCUT2D eigenvalue weighted by molar-refractivity contribution is -0.140. The van der Waals surface area contributed by atoms with E-state index in [2.05, 4.69) is 10.1 Å². The molecule has 0 bridgehead atoms. The molecule has 0 saturated heterocycles. The van der Waals surface area contributed by atoms with Crippen molar-refractivity contribution in [2.75, 3.05) is 5.75 Å². The van der Waals surface area contributed by atoms with E-state index in [0.29, 0.717) is 29.0 Å². The standard InChI is InChI=1S/C11H12N2O4S/c1-7(11(14)15)5-18-6-9-12-10(17-13-9)8-3-2-4-16-8/h2-4,7H,5-6H2,1H3,(H,14,15). The maximum atomic E-state index is 10.6. The number of hydrogen-bond acceptors (Lipinski definition) is 6. The largest absolute Gasteiger partial charge is 0.481 e. The number of carbonyl (C=O) groups is 1. The van der Waals surface area contributed by atoms with Crippen LogP contribution in [0.25, 0.3) is 11.7 Å². The molecule has 0 aliphatic carbocycles. The van der Waals surface area contributed by atoms with Crippen molar-refractivity contribution >= 4 is 17.7 Å². The molecule has 18 heavy (non-hydrogen) atoms. The molecule has 0 aliphatic rings. The second-order valence-corrected chi connectivity index (χ2v) is 4.78. The summed E-state index contributed by atoms with van der Waals surface area (Å²) in [5, 5.41) is 12.5. The van der Waals surface area contributed by atoms with Crippen LogP contribution in [0.1, 0.15) is 12.7 Å². The zero-order valence-corrected chi connectivity index (χ0v) is 10.5. The molecule has 0 amide bonds. The highest BCUT2D eigenvalue weighted by Gasteiger charge is 2.13. The Kier molecular flexibility index (Phi) is 4.03. The molecule has 0 radical (unpaired) electrons. The lowest BCUT2D eigenvalue weighted by Gasteiger charge is -2.02. The first-order valence-electron chi connectivity index (χ1n) is 5.34. The van der Waals surface area contributed by atoms with Crippen LogP contribution < -0.4 is 0 Å². The van der Waals surface area contributed by atoms with Crippen LogP contribution in [-0.4, -0.2) is 27.0 Å². The van der Waals surface area contributed by atoms with Gasteiger partial charge in [-0.2, -0.15) is 16.7 Å². The first kappa shape index (κ1) is 12.7. The van der Waals surface area contributed by atoms with Crippen molar-refractivity contribution < 1.29 is 18.8 Å². The smallest absolute Gasteiger partial charge is 0.307 e. The molecular weight excluding hydrogens is 256 g/mol. The van der Waals surface area contributed by atoms with E-state index in [9.17, 15) is 4.79 Å². The van der Waals surface area contributed by atoms with Crippen LogP contribution in [0.4, 0.5) is 0 Å². The fraction of sp³-hybridized carbons (Fsp3) is 0.364. The molecule has 1 unspecified atom stereocenters. The van der Waals surface area contributed by atoms with Gasteiger partial charge in [-0.1, -0.05) is 12.1 Å². The van der Waals surface area contributed by atoms with Gasteiger partial charge >= 0.3 is 5.97 Å². The lowest BCUT2D eigenvalue weighted by atomic mass is 10.2. The van der Waals surface area contributed by atoms with E-state index in [1.807, 2.05) is 0 Å². The van der Waals surface area contributed by atoms with E-state index in [1.165, 1.54) is 18.0 Å². The van der Waals surface area contributed by atoms with E-state index in [-0.39, 0.29) is 5.92 Å². The Balaban J connectivity index is 1.86. The second kappa shape index (κ2) is 5.72. The van der Waals surface area contributed by atoms with Gasteiger partial charge in [0.05, 0.1) is 17.9 Å². The van der Waals surface area contributed by atoms with E-state index < -0.39 is 5.97 Å². The molecule has 0 aromatic carbocycles. The lowest BCUT2D eigenvalue weighted by Crippen LogP contribution is -2.11. The molecule has 1 atom stereocenters. The minimum atomic E-state index is -0.799. The number of furan rings is 1. The number of rotatable bonds is 6. The summed E-state index contributed by atoms with van der Waals surface area (Å²) in [5.74, 6) is 1.24. The number of carboxylic acids is 1. The molecule has 0 spiro atoms. The predicted octanol–water partition coefficient (Wildman–Crippen LogP) is 2.28. The zero-order valence-electron chi connectivity index (χ0n) is 9.70. The summed E-state index contributed by atoms with van der Waals surface area (Å²) in [6, 6.07) is 3.47. The van der Waals surface area contributed by atoms with Crippen LogP contribution in [0, 0.1) is 5.92 Å². The highest BCUT2D eigenvalue weighted by atomic mass is 32.2. The minimum absolute atomic E-state index is 0.335. The molecule has 0 aliphatic heterocycles. The monoisotopic (exact) mass is 268 g/mol. The Labute approximate surface area is 107 Å². The summed E-state index contributed by atoms with van der Waals surface area (Å²) in [5.41, 5.74) is 0. The van der Waals surface area contributed by atoms with Crippen LogP contribution >= 0.6 is 11.8 Å². The van der Waals surface area contributed by atoms with Crippen molar-refractivity contribution in [2.24, 2.45) is 5.92 Å². The van der Waals surface area contributed by atoms with Gasteiger partial charge in [-0.15, -0.1) is 0 Å². The molecule has 0 saturated carbocycles. The number of hydrogen-bond donors (Lipinski definition) is 1. The number of aliphatic carboxylic acids is 1. The van der Waals surface area contributed by atoms with Crippen molar-refractivity contribution in [3.8, 4) is 11.7 Å². The molecule has 2 aromatic heterocycles.